The highest BCUT2D eigenvalue weighted by atomic mass is 32.2. The highest BCUT2D eigenvalue weighted by molar-refractivity contribution is 7.92. The van der Waals surface area contributed by atoms with E-state index in [1.165, 1.54) is 18.2 Å². The van der Waals surface area contributed by atoms with Crippen LogP contribution in [0.25, 0.3) is 0 Å². The summed E-state index contributed by atoms with van der Waals surface area (Å²) in [6.45, 7) is 6.00. The number of carbonyl (C=O) groups excluding carboxylic acids is 2. The zero-order chi connectivity index (χ0) is 24.7. The Kier molecular flexibility index (Phi) is 8.07. The first-order chi connectivity index (χ1) is 16.2. The average Bonchev–Trinajstić information content (AvgIpc) is 2.82. The largest absolute Gasteiger partial charge is 0.350 e. The first kappa shape index (κ1) is 25.0. The Bertz CT molecular complexity index is 1290. The van der Waals surface area contributed by atoms with E-state index in [0.29, 0.717) is 11.3 Å². The Balaban J connectivity index is 1.68. The molecule has 8 heteroatoms. The molecule has 0 aromatic heterocycles. The molecule has 0 saturated carbocycles. The van der Waals surface area contributed by atoms with Crippen LogP contribution < -0.4 is 15.4 Å². The van der Waals surface area contributed by atoms with Gasteiger partial charge in [0.05, 0.1) is 4.90 Å². The van der Waals surface area contributed by atoms with Crippen molar-refractivity contribution in [2.45, 2.75) is 44.7 Å². The summed E-state index contributed by atoms with van der Waals surface area (Å²) in [6, 6.07) is 20.0. The predicted octanol–water partition coefficient (Wildman–Crippen LogP) is 4.25. The van der Waals surface area contributed by atoms with Crippen molar-refractivity contribution in [3.63, 3.8) is 0 Å². The Hall–Kier alpha value is -3.65. The highest BCUT2D eigenvalue weighted by Crippen LogP contribution is 2.18. The zero-order valence-electron chi connectivity index (χ0n) is 19.5. The maximum Gasteiger partial charge on any atom is 0.261 e. The van der Waals surface area contributed by atoms with Crippen LogP contribution >= 0.6 is 0 Å². The van der Waals surface area contributed by atoms with Gasteiger partial charge < -0.3 is 10.6 Å². The van der Waals surface area contributed by atoms with Crippen molar-refractivity contribution in [1.82, 2.24) is 10.6 Å². The van der Waals surface area contributed by atoms with Crippen molar-refractivity contribution >= 4 is 27.5 Å². The van der Waals surface area contributed by atoms with Crippen LogP contribution in [-0.4, -0.2) is 26.3 Å². The predicted molar refractivity (Wildman–Crippen MR) is 133 cm³/mol. The van der Waals surface area contributed by atoms with E-state index in [2.05, 4.69) is 15.4 Å². The third-order valence-electron chi connectivity index (χ3n) is 5.31. The van der Waals surface area contributed by atoms with Crippen molar-refractivity contribution < 1.29 is 18.0 Å². The number of anilines is 1. The number of hydrogen-bond acceptors (Lipinski definition) is 4. The van der Waals surface area contributed by atoms with Crippen LogP contribution in [0.3, 0.4) is 0 Å². The van der Waals surface area contributed by atoms with Gasteiger partial charge in [-0.05, 0) is 73.9 Å². The molecule has 0 spiro atoms. The van der Waals surface area contributed by atoms with E-state index in [1.807, 2.05) is 32.9 Å². The second kappa shape index (κ2) is 11.0. The molecule has 0 saturated heterocycles. The summed E-state index contributed by atoms with van der Waals surface area (Å²) in [5.74, 6) is -0.580. The molecule has 3 aromatic rings. The van der Waals surface area contributed by atoms with Crippen LogP contribution in [0.15, 0.2) is 77.7 Å². The molecule has 0 aliphatic heterocycles. The van der Waals surface area contributed by atoms with Crippen LogP contribution in [0.1, 0.15) is 52.1 Å². The zero-order valence-corrected chi connectivity index (χ0v) is 20.3. The smallest absolute Gasteiger partial charge is 0.261 e. The lowest BCUT2D eigenvalue weighted by molar-refractivity contribution is 0.0936. The van der Waals surface area contributed by atoms with Gasteiger partial charge in [0.2, 0.25) is 0 Å². The van der Waals surface area contributed by atoms with E-state index in [1.54, 1.807) is 42.5 Å². The van der Waals surface area contributed by atoms with Crippen LogP contribution in [0.5, 0.6) is 0 Å². The summed E-state index contributed by atoms with van der Waals surface area (Å²) in [6.07, 6.45) is 0.830. The molecule has 0 radical (unpaired) electrons. The third-order valence-corrected chi connectivity index (χ3v) is 6.69. The lowest BCUT2D eigenvalue weighted by Gasteiger charge is -2.12. The highest BCUT2D eigenvalue weighted by Gasteiger charge is 2.17. The molecule has 178 valence electrons. The SMILES string of the molecule is CCC(C)NC(=O)c1cccc(CNC(=O)c2cccc(S(=O)(=O)Nc3cccc(C)c3)c2)c1. The number of aryl methyl sites for hydroxylation is 1. The number of nitrogens with one attached hydrogen (secondary N) is 3. The van der Waals surface area contributed by atoms with Gasteiger partial charge in [0, 0.05) is 29.4 Å². The Morgan fingerprint density at radius 2 is 1.56 bits per heavy atom. The molecular formula is C26H29N3O4S. The first-order valence-electron chi connectivity index (χ1n) is 11.1. The normalized spacial score (nSPS) is 12.0. The summed E-state index contributed by atoms with van der Waals surface area (Å²) in [5.41, 5.74) is 2.87. The Morgan fingerprint density at radius 1 is 0.882 bits per heavy atom. The summed E-state index contributed by atoms with van der Waals surface area (Å²) < 4.78 is 28.1. The van der Waals surface area contributed by atoms with Gasteiger partial charge >= 0.3 is 0 Å². The van der Waals surface area contributed by atoms with Gasteiger partial charge in [-0.25, -0.2) is 8.42 Å². The van der Waals surface area contributed by atoms with E-state index in [-0.39, 0.29) is 29.0 Å². The van der Waals surface area contributed by atoms with E-state index >= 15 is 0 Å². The van der Waals surface area contributed by atoms with Gasteiger partial charge in [0.25, 0.3) is 21.8 Å². The monoisotopic (exact) mass is 479 g/mol. The van der Waals surface area contributed by atoms with Crippen LogP contribution in [0.2, 0.25) is 0 Å². The lowest BCUT2D eigenvalue weighted by atomic mass is 10.1. The van der Waals surface area contributed by atoms with Crippen LogP contribution in [-0.2, 0) is 16.6 Å². The van der Waals surface area contributed by atoms with Crippen molar-refractivity contribution in [1.29, 1.82) is 0 Å². The standard InChI is InChI=1S/C26H29N3O4S/c1-4-19(3)28-26(31)21-10-6-9-20(15-21)17-27-25(30)22-11-7-13-24(16-22)34(32,33)29-23-12-5-8-18(2)14-23/h5-16,19,29H,4,17H2,1-3H3,(H,27,30)(H,28,31). The molecular weight excluding hydrogens is 450 g/mol. The fourth-order valence-electron chi connectivity index (χ4n) is 3.24. The molecule has 2 amide bonds. The maximum atomic E-state index is 12.8. The molecule has 3 N–H and O–H groups in total. The Labute approximate surface area is 200 Å². The third kappa shape index (κ3) is 6.68. The minimum absolute atomic E-state index is 0.00892. The number of hydrogen-bond donors (Lipinski definition) is 3. The van der Waals surface area contributed by atoms with E-state index in [9.17, 15) is 18.0 Å². The first-order valence-corrected chi connectivity index (χ1v) is 12.5. The van der Waals surface area contributed by atoms with E-state index in [0.717, 1.165) is 17.5 Å². The van der Waals surface area contributed by atoms with Crippen LogP contribution in [0, 0.1) is 6.92 Å². The van der Waals surface area contributed by atoms with Crippen LogP contribution in [0.4, 0.5) is 5.69 Å². The molecule has 34 heavy (non-hydrogen) atoms. The molecule has 7 nitrogen and oxygen atoms in total. The van der Waals surface area contributed by atoms with Crippen molar-refractivity contribution in [3.05, 3.63) is 95.1 Å². The molecule has 1 atom stereocenters. The second-order valence-electron chi connectivity index (χ2n) is 8.17. The summed E-state index contributed by atoms with van der Waals surface area (Å²) >= 11 is 0. The average molecular weight is 480 g/mol. The molecule has 3 aromatic carbocycles. The van der Waals surface area contributed by atoms with Gasteiger partial charge in [0.1, 0.15) is 0 Å². The summed E-state index contributed by atoms with van der Waals surface area (Å²) in [4.78, 5) is 25.0. The molecule has 0 bridgehead atoms. The number of carbonyl (C=O) groups is 2. The van der Waals surface area contributed by atoms with Gasteiger partial charge in [-0.2, -0.15) is 0 Å². The summed E-state index contributed by atoms with van der Waals surface area (Å²) in [5, 5.41) is 5.70. The molecule has 0 aliphatic rings. The van der Waals surface area contributed by atoms with Crippen molar-refractivity contribution in [3.8, 4) is 0 Å². The van der Waals surface area contributed by atoms with Crippen molar-refractivity contribution in [2.75, 3.05) is 4.72 Å². The molecule has 0 aliphatic carbocycles. The number of sulfonamides is 1. The maximum absolute atomic E-state index is 12.8. The van der Waals surface area contributed by atoms with Gasteiger partial charge in [-0.15, -0.1) is 0 Å². The molecule has 3 rings (SSSR count). The summed E-state index contributed by atoms with van der Waals surface area (Å²) in [7, 11) is -3.86. The van der Waals surface area contributed by atoms with E-state index in [4.69, 9.17) is 0 Å². The minimum atomic E-state index is -3.86. The fourth-order valence-corrected chi connectivity index (χ4v) is 4.34. The molecule has 1 unspecified atom stereocenters. The number of amides is 2. The van der Waals surface area contributed by atoms with Gasteiger partial charge in [-0.1, -0.05) is 37.3 Å². The second-order valence-corrected chi connectivity index (χ2v) is 9.85. The minimum Gasteiger partial charge on any atom is -0.350 e. The van der Waals surface area contributed by atoms with E-state index < -0.39 is 15.9 Å². The number of benzene rings is 3. The quantitative estimate of drug-likeness (QED) is 0.427. The fraction of sp³-hybridized carbons (Fsp3) is 0.231. The van der Waals surface area contributed by atoms with Crippen molar-refractivity contribution in [2.24, 2.45) is 0 Å². The van der Waals surface area contributed by atoms with Gasteiger partial charge in [-0.3, -0.25) is 14.3 Å². The Morgan fingerprint density at radius 3 is 2.26 bits per heavy atom. The molecule has 0 fully saturated rings. The number of rotatable bonds is 9. The lowest BCUT2D eigenvalue weighted by Crippen LogP contribution is -2.32. The topological polar surface area (TPSA) is 104 Å². The van der Waals surface area contributed by atoms with Gasteiger partial charge in [0.15, 0.2) is 0 Å². The molecule has 0 heterocycles.